The average molecular weight is 590 g/mol. The molecule has 7 heteroatoms. The molecule has 0 aliphatic rings. The standard InChI is InChI=1S/C23H36Cl3IN2O/c1-2-3-4-5-6-7-8-9-10-11-12-13-18-21(30)29-22(23(24,25)26)28-20-17-15-14-16-19(20)27/h14-17,22,28H,2-13,18H2,1H3,(H,29,30). The van der Waals surface area contributed by atoms with E-state index in [2.05, 4.69) is 40.1 Å². The van der Waals surface area contributed by atoms with E-state index >= 15 is 0 Å². The number of hydrogen-bond acceptors (Lipinski definition) is 2. The predicted octanol–water partition coefficient (Wildman–Crippen LogP) is 8.61. The van der Waals surface area contributed by atoms with Crippen molar-refractivity contribution in [3.05, 3.63) is 27.8 Å². The highest BCUT2D eigenvalue weighted by atomic mass is 127. The van der Waals surface area contributed by atoms with E-state index in [0.717, 1.165) is 22.1 Å². The highest BCUT2D eigenvalue weighted by molar-refractivity contribution is 14.1. The monoisotopic (exact) mass is 588 g/mol. The lowest BCUT2D eigenvalue weighted by Gasteiger charge is -2.28. The Morgan fingerprint density at radius 3 is 1.90 bits per heavy atom. The molecule has 3 nitrogen and oxygen atoms in total. The van der Waals surface area contributed by atoms with Gasteiger partial charge in [0.2, 0.25) is 9.70 Å². The minimum atomic E-state index is -1.65. The highest BCUT2D eigenvalue weighted by Crippen LogP contribution is 2.32. The molecule has 0 aromatic heterocycles. The van der Waals surface area contributed by atoms with Crippen molar-refractivity contribution in [1.29, 1.82) is 0 Å². The van der Waals surface area contributed by atoms with E-state index < -0.39 is 9.96 Å². The van der Waals surface area contributed by atoms with Crippen LogP contribution in [0.4, 0.5) is 5.69 Å². The summed E-state index contributed by atoms with van der Waals surface area (Å²) >= 11 is 20.4. The Hall–Kier alpha value is 0.0900. The number of anilines is 1. The van der Waals surface area contributed by atoms with Crippen LogP contribution in [0.1, 0.15) is 90.4 Å². The van der Waals surface area contributed by atoms with Crippen LogP contribution in [0.5, 0.6) is 0 Å². The van der Waals surface area contributed by atoms with Gasteiger partial charge in [-0.2, -0.15) is 0 Å². The van der Waals surface area contributed by atoms with Crippen molar-refractivity contribution in [1.82, 2.24) is 5.32 Å². The number of alkyl halides is 3. The van der Waals surface area contributed by atoms with Gasteiger partial charge in [-0.1, -0.05) is 124 Å². The molecular formula is C23H36Cl3IN2O. The summed E-state index contributed by atoms with van der Waals surface area (Å²) in [6.45, 7) is 2.26. The zero-order chi connectivity index (χ0) is 22.2. The van der Waals surface area contributed by atoms with E-state index in [1.54, 1.807) is 0 Å². The van der Waals surface area contributed by atoms with Gasteiger partial charge in [-0.25, -0.2) is 0 Å². The molecule has 0 saturated heterocycles. The maximum Gasteiger partial charge on any atom is 0.228 e. The molecule has 30 heavy (non-hydrogen) atoms. The summed E-state index contributed by atoms with van der Waals surface area (Å²) < 4.78 is -0.657. The Morgan fingerprint density at radius 1 is 0.900 bits per heavy atom. The SMILES string of the molecule is CCCCCCCCCCCCCCC(=O)NC(Nc1ccccc1I)C(Cl)(Cl)Cl. The number of carbonyl (C=O) groups is 1. The lowest BCUT2D eigenvalue weighted by molar-refractivity contribution is -0.121. The fourth-order valence-corrected chi connectivity index (χ4v) is 4.16. The molecule has 0 spiro atoms. The first-order valence-electron chi connectivity index (χ1n) is 11.2. The molecule has 0 radical (unpaired) electrons. The maximum absolute atomic E-state index is 12.3. The smallest absolute Gasteiger partial charge is 0.228 e. The van der Waals surface area contributed by atoms with Gasteiger partial charge < -0.3 is 10.6 Å². The van der Waals surface area contributed by atoms with E-state index in [1.165, 1.54) is 64.2 Å². The normalized spacial score (nSPS) is 12.6. The van der Waals surface area contributed by atoms with E-state index in [-0.39, 0.29) is 5.91 Å². The van der Waals surface area contributed by atoms with E-state index in [4.69, 9.17) is 34.8 Å². The number of hydrogen-bond donors (Lipinski definition) is 2. The van der Waals surface area contributed by atoms with Crippen LogP contribution in [0.25, 0.3) is 0 Å². The van der Waals surface area contributed by atoms with Crippen LogP contribution in [0.2, 0.25) is 0 Å². The Labute approximate surface area is 211 Å². The molecular weight excluding hydrogens is 554 g/mol. The van der Waals surface area contributed by atoms with Crippen molar-refractivity contribution in [2.45, 2.75) is 100 Å². The zero-order valence-electron chi connectivity index (χ0n) is 18.0. The Bertz CT molecular complexity index is 596. The van der Waals surface area contributed by atoms with Gasteiger partial charge in [0.25, 0.3) is 0 Å². The Balaban J connectivity index is 2.17. The third-order valence-corrected chi connectivity index (χ3v) is 6.66. The van der Waals surface area contributed by atoms with Gasteiger partial charge in [0.1, 0.15) is 6.17 Å². The predicted molar refractivity (Wildman–Crippen MR) is 141 cm³/mol. The molecule has 0 bridgehead atoms. The first-order valence-corrected chi connectivity index (χ1v) is 13.4. The molecule has 172 valence electrons. The van der Waals surface area contributed by atoms with Crippen LogP contribution < -0.4 is 10.6 Å². The molecule has 0 fully saturated rings. The third kappa shape index (κ3) is 13.5. The van der Waals surface area contributed by atoms with Gasteiger partial charge >= 0.3 is 0 Å². The van der Waals surface area contributed by atoms with Crippen LogP contribution in [-0.4, -0.2) is 15.9 Å². The fourth-order valence-electron chi connectivity index (χ4n) is 3.29. The summed E-state index contributed by atoms with van der Waals surface area (Å²) in [5.74, 6) is -0.100. The topological polar surface area (TPSA) is 41.1 Å². The molecule has 0 aliphatic heterocycles. The first kappa shape index (κ1) is 28.1. The molecule has 0 aliphatic carbocycles. The summed E-state index contributed by atoms with van der Waals surface area (Å²) in [5.41, 5.74) is 0.820. The van der Waals surface area contributed by atoms with Crippen molar-refractivity contribution in [2.75, 3.05) is 5.32 Å². The Morgan fingerprint density at radius 2 is 1.40 bits per heavy atom. The number of nitrogens with one attached hydrogen (secondary N) is 2. The number of benzene rings is 1. The summed E-state index contributed by atoms with van der Waals surface area (Å²) in [5, 5.41) is 5.95. The second kappa shape index (κ2) is 16.7. The van der Waals surface area contributed by atoms with Crippen LogP contribution in [-0.2, 0) is 4.79 Å². The number of unbranched alkanes of at least 4 members (excludes halogenated alkanes) is 11. The van der Waals surface area contributed by atoms with Crippen LogP contribution >= 0.6 is 57.4 Å². The van der Waals surface area contributed by atoms with Crippen LogP contribution in [0, 0.1) is 3.57 Å². The second-order valence-electron chi connectivity index (χ2n) is 7.81. The molecule has 2 N–H and O–H groups in total. The maximum atomic E-state index is 12.3. The number of amides is 1. The van der Waals surface area contributed by atoms with Crippen molar-refractivity contribution in [3.63, 3.8) is 0 Å². The molecule has 1 atom stereocenters. The van der Waals surface area contributed by atoms with Crippen molar-refractivity contribution < 1.29 is 4.79 Å². The van der Waals surface area contributed by atoms with Gasteiger partial charge in [-0.3, -0.25) is 4.79 Å². The summed E-state index contributed by atoms with van der Waals surface area (Å²) in [6.07, 6.45) is 14.8. The van der Waals surface area contributed by atoms with Gasteiger partial charge in [0.15, 0.2) is 0 Å². The summed E-state index contributed by atoms with van der Waals surface area (Å²) in [7, 11) is 0. The van der Waals surface area contributed by atoms with E-state index in [0.29, 0.717) is 6.42 Å². The van der Waals surface area contributed by atoms with Crippen molar-refractivity contribution in [3.8, 4) is 0 Å². The average Bonchev–Trinajstić information content (AvgIpc) is 2.69. The lowest BCUT2D eigenvalue weighted by atomic mass is 10.0. The Kier molecular flexibility index (Phi) is 15.6. The van der Waals surface area contributed by atoms with Gasteiger partial charge in [-0.15, -0.1) is 0 Å². The molecule has 0 saturated carbocycles. The number of rotatable bonds is 16. The minimum Gasteiger partial charge on any atom is -0.361 e. The lowest BCUT2D eigenvalue weighted by Crippen LogP contribution is -2.49. The van der Waals surface area contributed by atoms with E-state index in [1.807, 2.05) is 24.3 Å². The molecule has 0 heterocycles. The number of halogens is 4. The van der Waals surface area contributed by atoms with E-state index in [9.17, 15) is 4.79 Å². The van der Waals surface area contributed by atoms with Crippen molar-refractivity contribution >= 4 is 69.0 Å². The van der Waals surface area contributed by atoms with Crippen LogP contribution in [0.3, 0.4) is 0 Å². The second-order valence-corrected chi connectivity index (χ2v) is 11.3. The largest absolute Gasteiger partial charge is 0.361 e. The highest BCUT2D eigenvalue weighted by Gasteiger charge is 2.34. The summed E-state index contributed by atoms with van der Waals surface area (Å²) in [6, 6.07) is 7.67. The van der Waals surface area contributed by atoms with Crippen molar-refractivity contribution in [2.24, 2.45) is 0 Å². The molecule has 1 aromatic rings. The molecule has 1 rings (SSSR count). The first-order chi connectivity index (χ1) is 14.3. The van der Waals surface area contributed by atoms with Gasteiger partial charge in [-0.05, 0) is 41.1 Å². The van der Waals surface area contributed by atoms with Crippen LogP contribution in [0.15, 0.2) is 24.3 Å². The summed E-state index contributed by atoms with van der Waals surface area (Å²) in [4.78, 5) is 12.3. The number of carbonyl (C=O) groups excluding carboxylic acids is 1. The van der Waals surface area contributed by atoms with Gasteiger partial charge in [0, 0.05) is 15.7 Å². The number of para-hydroxylation sites is 1. The molecule has 1 unspecified atom stereocenters. The fraction of sp³-hybridized carbons (Fsp3) is 0.696. The third-order valence-electron chi connectivity index (χ3n) is 5.06. The molecule has 1 aromatic carbocycles. The zero-order valence-corrected chi connectivity index (χ0v) is 22.4. The molecule has 1 amide bonds. The quantitative estimate of drug-likeness (QED) is 0.0877. The van der Waals surface area contributed by atoms with Gasteiger partial charge in [0.05, 0.1) is 0 Å². The minimum absolute atomic E-state index is 0.100.